The lowest BCUT2D eigenvalue weighted by Gasteiger charge is -1.96. The summed E-state index contributed by atoms with van der Waals surface area (Å²) in [7, 11) is 0. The maximum atomic E-state index is 5.25. The molecule has 1 N–H and O–H groups in total. The Bertz CT molecular complexity index is 427. The Hall–Kier alpha value is -1.75. The summed E-state index contributed by atoms with van der Waals surface area (Å²) in [6.07, 6.45) is 4.21. The van der Waals surface area contributed by atoms with Crippen molar-refractivity contribution >= 4 is 0 Å². The van der Waals surface area contributed by atoms with Crippen LogP contribution in [0.15, 0.2) is 24.5 Å². The molecule has 2 heterocycles. The fourth-order valence-corrected chi connectivity index (χ4v) is 1.35. The molecule has 0 aliphatic heterocycles. The average Bonchev–Trinajstić information content (AvgIpc) is 2.79. The summed E-state index contributed by atoms with van der Waals surface area (Å²) in [5, 5.41) is 7.05. The minimum Gasteiger partial charge on any atom is -0.381 e. The minimum atomic E-state index is 0.668. The van der Waals surface area contributed by atoms with E-state index in [0.29, 0.717) is 12.4 Å². The first-order chi connectivity index (χ1) is 7.90. The molecule has 0 bridgehead atoms. The lowest BCUT2D eigenvalue weighted by atomic mass is 10.2. The molecule has 84 valence electrons. The van der Waals surface area contributed by atoms with Gasteiger partial charge in [-0.2, -0.15) is 5.10 Å². The quantitative estimate of drug-likeness (QED) is 0.771. The van der Waals surface area contributed by atoms with Gasteiger partial charge in [0.15, 0.2) is 5.82 Å². The van der Waals surface area contributed by atoms with E-state index in [0.717, 1.165) is 24.4 Å². The summed E-state index contributed by atoms with van der Waals surface area (Å²) in [5.41, 5.74) is 0.967. The van der Waals surface area contributed by atoms with Crippen molar-refractivity contribution in [3.05, 3.63) is 30.4 Å². The van der Waals surface area contributed by atoms with E-state index < -0.39 is 0 Å². The Kier molecular flexibility index (Phi) is 3.61. The second-order valence-electron chi connectivity index (χ2n) is 3.29. The number of aromatic nitrogens is 4. The van der Waals surface area contributed by atoms with E-state index >= 15 is 0 Å². The van der Waals surface area contributed by atoms with Crippen molar-refractivity contribution in [3.63, 3.8) is 0 Å². The highest BCUT2D eigenvalue weighted by atomic mass is 16.5. The maximum absolute atomic E-state index is 5.25. The molecule has 0 unspecified atom stereocenters. The van der Waals surface area contributed by atoms with Crippen LogP contribution < -0.4 is 0 Å². The first-order valence-electron chi connectivity index (χ1n) is 5.29. The van der Waals surface area contributed by atoms with E-state index in [4.69, 9.17) is 4.74 Å². The number of nitrogens with zero attached hydrogens (tertiary/aromatic N) is 3. The van der Waals surface area contributed by atoms with Crippen LogP contribution in [0.1, 0.15) is 12.7 Å². The van der Waals surface area contributed by atoms with E-state index in [2.05, 4.69) is 20.2 Å². The minimum absolute atomic E-state index is 0.668. The van der Waals surface area contributed by atoms with Gasteiger partial charge in [0.05, 0.1) is 6.61 Å². The number of hydrogen-bond acceptors (Lipinski definition) is 4. The highest BCUT2D eigenvalue weighted by Crippen LogP contribution is 2.12. The van der Waals surface area contributed by atoms with Gasteiger partial charge in [-0.25, -0.2) is 4.98 Å². The molecular formula is C11H14N4O. The van der Waals surface area contributed by atoms with Crippen LogP contribution in [0.4, 0.5) is 0 Å². The van der Waals surface area contributed by atoms with Crippen LogP contribution in [-0.4, -0.2) is 33.4 Å². The Morgan fingerprint density at radius 1 is 1.31 bits per heavy atom. The van der Waals surface area contributed by atoms with Crippen molar-refractivity contribution in [1.29, 1.82) is 0 Å². The van der Waals surface area contributed by atoms with Crippen LogP contribution in [0.25, 0.3) is 11.4 Å². The van der Waals surface area contributed by atoms with E-state index in [9.17, 15) is 0 Å². The summed E-state index contributed by atoms with van der Waals surface area (Å²) >= 11 is 0. The number of pyridine rings is 1. The number of ether oxygens (including phenoxy) is 1. The molecule has 0 aromatic carbocycles. The van der Waals surface area contributed by atoms with Gasteiger partial charge in [0.25, 0.3) is 0 Å². The molecule has 0 aliphatic carbocycles. The lowest BCUT2D eigenvalue weighted by molar-refractivity contribution is 0.149. The maximum Gasteiger partial charge on any atom is 0.181 e. The molecule has 16 heavy (non-hydrogen) atoms. The molecule has 0 fully saturated rings. The standard InChI is InChI=1S/C11H14N4O/c1-2-16-8-5-10-13-11(15-14-10)9-3-6-12-7-4-9/h3-4,6-7H,2,5,8H2,1H3,(H,13,14,15). The summed E-state index contributed by atoms with van der Waals surface area (Å²) in [4.78, 5) is 8.33. The zero-order chi connectivity index (χ0) is 11.2. The van der Waals surface area contributed by atoms with Crippen LogP contribution in [0.2, 0.25) is 0 Å². The Labute approximate surface area is 93.9 Å². The normalized spacial score (nSPS) is 10.6. The molecule has 2 aromatic rings. The molecular weight excluding hydrogens is 204 g/mol. The summed E-state index contributed by atoms with van der Waals surface area (Å²) in [6.45, 7) is 3.37. The molecule has 0 spiro atoms. The number of rotatable bonds is 5. The third-order valence-corrected chi connectivity index (χ3v) is 2.16. The highest BCUT2D eigenvalue weighted by Gasteiger charge is 2.04. The number of H-pyrrole nitrogens is 1. The van der Waals surface area contributed by atoms with Crippen molar-refractivity contribution in [2.24, 2.45) is 0 Å². The van der Waals surface area contributed by atoms with Gasteiger partial charge in [-0.3, -0.25) is 10.1 Å². The first kappa shape index (κ1) is 10.8. The smallest absolute Gasteiger partial charge is 0.181 e. The van der Waals surface area contributed by atoms with Crippen LogP contribution >= 0.6 is 0 Å². The summed E-state index contributed by atoms with van der Waals surface area (Å²) in [5.74, 6) is 1.55. The molecule has 0 radical (unpaired) electrons. The van der Waals surface area contributed by atoms with Gasteiger partial charge in [-0.15, -0.1) is 0 Å². The second kappa shape index (κ2) is 5.37. The van der Waals surface area contributed by atoms with Gasteiger partial charge in [0, 0.05) is 31.0 Å². The van der Waals surface area contributed by atoms with Crippen molar-refractivity contribution < 1.29 is 4.74 Å². The first-order valence-corrected chi connectivity index (χ1v) is 5.29. The second-order valence-corrected chi connectivity index (χ2v) is 3.29. The zero-order valence-corrected chi connectivity index (χ0v) is 9.18. The van der Waals surface area contributed by atoms with E-state index in [1.165, 1.54) is 0 Å². The Morgan fingerprint density at radius 2 is 2.12 bits per heavy atom. The van der Waals surface area contributed by atoms with E-state index in [1.54, 1.807) is 12.4 Å². The number of nitrogens with one attached hydrogen (secondary N) is 1. The molecule has 2 aromatic heterocycles. The summed E-state index contributed by atoms with van der Waals surface area (Å²) in [6, 6.07) is 3.77. The molecule has 5 heteroatoms. The Balaban J connectivity index is 2.02. The van der Waals surface area contributed by atoms with E-state index in [-0.39, 0.29) is 0 Å². The number of aromatic amines is 1. The topological polar surface area (TPSA) is 63.7 Å². The molecule has 2 rings (SSSR count). The van der Waals surface area contributed by atoms with Crippen molar-refractivity contribution in [3.8, 4) is 11.4 Å². The number of hydrogen-bond donors (Lipinski definition) is 1. The van der Waals surface area contributed by atoms with Crippen LogP contribution in [0, 0.1) is 0 Å². The van der Waals surface area contributed by atoms with Crippen molar-refractivity contribution in [2.75, 3.05) is 13.2 Å². The summed E-state index contributed by atoms with van der Waals surface area (Å²) < 4.78 is 5.25. The SMILES string of the molecule is CCOCCc1nc(-c2ccncc2)n[nH]1. The molecule has 5 nitrogen and oxygen atoms in total. The third kappa shape index (κ3) is 2.64. The van der Waals surface area contributed by atoms with Gasteiger partial charge in [0.1, 0.15) is 5.82 Å². The predicted octanol–water partition coefficient (Wildman–Crippen LogP) is 1.45. The van der Waals surface area contributed by atoms with Crippen LogP contribution in [0.5, 0.6) is 0 Å². The third-order valence-electron chi connectivity index (χ3n) is 2.16. The lowest BCUT2D eigenvalue weighted by Crippen LogP contribution is -1.99. The van der Waals surface area contributed by atoms with Crippen LogP contribution in [0.3, 0.4) is 0 Å². The predicted molar refractivity (Wildman–Crippen MR) is 59.8 cm³/mol. The van der Waals surface area contributed by atoms with Gasteiger partial charge >= 0.3 is 0 Å². The molecule has 0 amide bonds. The van der Waals surface area contributed by atoms with Crippen LogP contribution in [-0.2, 0) is 11.2 Å². The largest absolute Gasteiger partial charge is 0.381 e. The fraction of sp³-hybridized carbons (Fsp3) is 0.364. The van der Waals surface area contributed by atoms with Gasteiger partial charge in [-0.1, -0.05) is 0 Å². The van der Waals surface area contributed by atoms with Gasteiger partial charge < -0.3 is 4.74 Å². The fourth-order valence-electron chi connectivity index (χ4n) is 1.35. The molecule has 0 saturated carbocycles. The van der Waals surface area contributed by atoms with Crippen molar-refractivity contribution in [2.45, 2.75) is 13.3 Å². The molecule has 0 aliphatic rings. The molecule has 0 atom stereocenters. The van der Waals surface area contributed by atoms with E-state index in [1.807, 2.05) is 19.1 Å². The monoisotopic (exact) mass is 218 g/mol. The zero-order valence-electron chi connectivity index (χ0n) is 9.18. The average molecular weight is 218 g/mol. The van der Waals surface area contributed by atoms with Crippen molar-refractivity contribution in [1.82, 2.24) is 20.2 Å². The van der Waals surface area contributed by atoms with Gasteiger partial charge in [-0.05, 0) is 19.1 Å². The molecule has 0 saturated heterocycles. The highest BCUT2D eigenvalue weighted by molar-refractivity contribution is 5.52. The Morgan fingerprint density at radius 3 is 2.88 bits per heavy atom. The van der Waals surface area contributed by atoms with Gasteiger partial charge in [0.2, 0.25) is 0 Å².